The molecule has 2 aromatic rings. The first kappa shape index (κ1) is 13.6. The molecule has 0 radical (unpaired) electrons. The van der Waals surface area contributed by atoms with Crippen LogP contribution in [0, 0.1) is 11.6 Å². The molecule has 1 aromatic heterocycles. The normalized spacial score (nSPS) is 11.4. The Bertz CT molecular complexity index is 692. The standard InChI is InChI=1S/C13H12F2N2OS/c1-19(2,18)17-12-3-4-13(16-8-12)9-5-10(14)7-11(15)6-9/h3-8H,1-2H3. The number of rotatable bonds is 2. The van der Waals surface area contributed by atoms with Crippen LogP contribution in [0.3, 0.4) is 0 Å². The summed E-state index contributed by atoms with van der Waals surface area (Å²) >= 11 is 0. The van der Waals surface area contributed by atoms with Crippen molar-refractivity contribution >= 4 is 15.4 Å². The van der Waals surface area contributed by atoms with E-state index in [1.54, 1.807) is 12.1 Å². The third kappa shape index (κ3) is 3.82. The zero-order chi connectivity index (χ0) is 14.0. The number of aromatic nitrogens is 1. The lowest BCUT2D eigenvalue weighted by Gasteiger charge is -2.02. The van der Waals surface area contributed by atoms with Crippen molar-refractivity contribution in [3.63, 3.8) is 0 Å². The van der Waals surface area contributed by atoms with Crippen LogP contribution in [0.15, 0.2) is 40.9 Å². The average Bonchev–Trinajstić information content (AvgIpc) is 2.26. The highest BCUT2D eigenvalue weighted by atomic mass is 32.2. The minimum atomic E-state index is -2.25. The molecule has 3 nitrogen and oxygen atoms in total. The van der Waals surface area contributed by atoms with Gasteiger partial charge in [0.2, 0.25) is 0 Å². The lowest BCUT2D eigenvalue weighted by molar-refractivity contribution is 0.584. The van der Waals surface area contributed by atoms with Gasteiger partial charge in [0.1, 0.15) is 11.6 Å². The van der Waals surface area contributed by atoms with E-state index in [1.165, 1.54) is 30.8 Å². The highest BCUT2D eigenvalue weighted by Gasteiger charge is 2.04. The first-order valence-corrected chi connectivity index (χ1v) is 7.76. The quantitative estimate of drug-likeness (QED) is 0.847. The van der Waals surface area contributed by atoms with Crippen molar-refractivity contribution in [2.75, 3.05) is 12.5 Å². The van der Waals surface area contributed by atoms with E-state index in [2.05, 4.69) is 9.35 Å². The third-order valence-corrected chi connectivity index (χ3v) is 2.88. The van der Waals surface area contributed by atoms with Crippen LogP contribution >= 0.6 is 0 Å². The van der Waals surface area contributed by atoms with E-state index >= 15 is 0 Å². The van der Waals surface area contributed by atoms with Gasteiger partial charge < -0.3 is 0 Å². The van der Waals surface area contributed by atoms with E-state index < -0.39 is 21.4 Å². The monoisotopic (exact) mass is 282 g/mol. The molecule has 0 fully saturated rings. The maximum atomic E-state index is 13.1. The Morgan fingerprint density at radius 3 is 2.21 bits per heavy atom. The van der Waals surface area contributed by atoms with Gasteiger partial charge in [0, 0.05) is 33.9 Å². The summed E-state index contributed by atoms with van der Waals surface area (Å²) in [6.45, 7) is 0. The second-order valence-corrected chi connectivity index (χ2v) is 6.88. The first-order chi connectivity index (χ1) is 8.83. The molecule has 0 aliphatic carbocycles. The average molecular weight is 282 g/mol. The van der Waals surface area contributed by atoms with Gasteiger partial charge in [-0.15, -0.1) is 0 Å². The van der Waals surface area contributed by atoms with Gasteiger partial charge in [-0.05, 0) is 24.3 Å². The molecule has 0 unspecified atom stereocenters. The summed E-state index contributed by atoms with van der Waals surface area (Å²) in [5.41, 5.74) is 1.24. The van der Waals surface area contributed by atoms with Crippen LogP contribution in [-0.2, 0) is 9.73 Å². The zero-order valence-corrected chi connectivity index (χ0v) is 11.2. The molecule has 19 heavy (non-hydrogen) atoms. The van der Waals surface area contributed by atoms with Gasteiger partial charge >= 0.3 is 0 Å². The molecule has 100 valence electrons. The number of halogens is 2. The Morgan fingerprint density at radius 1 is 1.11 bits per heavy atom. The molecule has 6 heteroatoms. The van der Waals surface area contributed by atoms with E-state index in [9.17, 15) is 13.0 Å². The predicted octanol–water partition coefficient (Wildman–Crippen LogP) is 3.39. The first-order valence-electron chi connectivity index (χ1n) is 5.43. The van der Waals surface area contributed by atoms with Crippen molar-refractivity contribution in [3.8, 4) is 11.3 Å². The lowest BCUT2D eigenvalue weighted by Crippen LogP contribution is -1.90. The summed E-state index contributed by atoms with van der Waals surface area (Å²) in [4.78, 5) is 4.06. The molecule has 0 atom stereocenters. The Labute approximate surface area is 110 Å². The largest absolute Gasteiger partial charge is 0.254 e. The van der Waals surface area contributed by atoms with Crippen molar-refractivity contribution in [2.45, 2.75) is 0 Å². The van der Waals surface area contributed by atoms with E-state index in [1.807, 2.05) is 0 Å². The highest BCUT2D eigenvalue weighted by molar-refractivity contribution is 7.92. The summed E-state index contributed by atoms with van der Waals surface area (Å²) in [6, 6.07) is 6.39. The van der Waals surface area contributed by atoms with Crippen LogP contribution in [0.2, 0.25) is 0 Å². The summed E-state index contributed by atoms with van der Waals surface area (Å²) in [6.07, 6.45) is 4.45. The van der Waals surface area contributed by atoms with Crippen LogP contribution in [0.25, 0.3) is 11.3 Å². The molecular formula is C13H12F2N2OS. The minimum absolute atomic E-state index is 0.345. The molecule has 2 rings (SSSR count). The summed E-state index contributed by atoms with van der Waals surface area (Å²) in [5, 5.41) is 0. The second-order valence-electron chi connectivity index (χ2n) is 4.33. The van der Waals surface area contributed by atoms with Crippen LogP contribution in [0.4, 0.5) is 14.5 Å². The molecule has 0 aliphatic rings. The topological polar surface area (TPSA) is 42.3 Å². The fraction of sp³-hybridized carbons (Fsp3) is 0.154. The molecule has 0 amide bonds. The summed E-state index contributed by atoms with van der Waals surface area (Å²) < 4.78 is 41.7. The van der Waals surface area contributed by atoms with Crippen LogP contribution in [-0.4, -0.2) is 21.7 Å². The maximum Gasteiger partial charge on any atom is 0.126 e. The fourth-order valence-electron chi connectivity index (χ4n) is 1.57. The van der Waals surface area contributed by atoms with Crippen LogP contribution < -0.4 is 0 Å². The molecule has 0 saturated heterocycles. The highest BCUT2D eigenvalue weighted by Crippen LogP contribution is 2.22. The molecular weight excluding hydrogens is 270 g/mol. The van der Waals surface area contributed by atoms with Gasteiger partial charge in [0.05, 0.1) is 17.6 Å². The van der Waals surface area contributed by atoms with E-state index in [-0.39, 0.29) is 0 Å². The Hall–Kier alpha value is -1.82. The molecule has 0 N–H and O–H groups in total. The fourth-order valence-corrected chi connectivity index (χ4v) is 2.18. The number of pyridine rings is 1. The Balaban J connectivity index is 2.40. The SMILES string of the molecule is CS(C)(=O)=Nc1ccc(-c2cc(F)cc(F)c2)nc1. The molecule has 1 heterocycles. The van der Waals surface area contributed by atoms with Crippen molar-refractivity contribution in [2.24, 2.45) is 4.36 Å². The van der Waals surface area contributed by atoms with Gasteiger partial charge in [-0.25, -0.2) is 13.0 Å². The molecule has 1 aromatic carbocycles. The number of hydrogen-bond donors (Lipinski definition) is 0. The van der Waals surface area contributed by atoms with E-state index in [0.717, 1.165) is 6.07 Å². The number of hydrogen-bond acceptors (Lipinski definition) is 3. The van der Waals surface area contributed by atoms with Crippen molar-refractivity contribution in [1.82, 2.24) is 4.98 Å². The van der Waals surface area contributed by atoms with Crippen LogP contribution in [0.1, 0.15) is 0 Å². The Morgan fingerprint density at radius 2 is 1.74 bits per heavy atom. The van der Waals surface area contributed by atoms with E-state index in [0.29, 0.717) is 16.9 Å². The maximum absolute atomic E-state index is 13.1. The number of benzene rings is 1. The molecule has 0 saturated carbocycles. The Kier molecular flexibility index (Phi) is 3.61. The van der Waals surface area contributed by atoms with Gasteiger partial charge in [-0.3, -0.25) is 4.98 Å². The summed E-state index contributed by atoms with van der Waals surface area (Å²) in [7, 11) is -2.25. The summed E-state index contributed by atoms with van der Waals surface area (Å²) in [5.74, 6) is -1.31. The van der Waals surface area contributed by atoms with Gasteiger partial charge in [-0.2, -0.15) is 4.36 Å². The number of nitrogens with zero attached hydrogens (tertiary/aromatic N) is 2. The van der Waals surface area contributed by atoms with Crippen molar-refractivity contribution in [1.29, 1.82) is 0 Å². The molecule has 0 spiro atoms. The van der Waals surface area contributed by atoms with Gasteiger partial charge in [0.25, 0.3) is 0 Å². The zero-order valence-electron chi connectivity index (χ0n) is 10.4. The van der Waals surface area contributed by atoms with Gasteiger partial charge in [0.15, 0.2) is 0 Å². The second kappa shape index (κ2) is 5.05. The molecule has 0 aliphatic heterocycles. The lowest BCUT2D eigenvalue weighted by atomic mass is 10.1. The van der Waals surface area contributed by atoms with Crippen molar-refractivity contribution < 1.29 is 13.0 Å². The van der Waals surface area contributed by atoms with E-state index in [4.69, 9.17) is 0 Å². The predicted molar refractivity (Wildman–Crippen MR) is 71.7 cm³/mol. The molecule has 0 bridgehead atoms. The third-order valence-electron chi connectivity index (χ3n) is 2.23. The van der Waals surface area contributed by atoms with Crippen LogP contribution in [0.5, 0.6) is 0 Å². The smallest absolute Gasteiger partial charge is 0.126 e. The minimum Gasteiger partial charge on any atom is -0.254 e. The van der Waals surface area contributed by atoms with Crippen molar-refractivity contribution in [3.05, 3.63) is 48.2 Å². The van der Waals surface area contributed by atoms with Gasteiger partial charge in [-0.1, -0.05) is 0 Å².